The molecule has 2 atom stereocenters. The molecule has 4 N–H and O–H groups in total. The van der Waals surface area contributed by atoms with Gasteiger partial charge in [-0.15, -0.1) is 0 Å². The van der Waals surface area contributed by atoms with Crippen LogP contribution in [0.5, 0.6) is 0 Å². The number of amides is 2. The lowest BCUT2D eigenvalue weighted by Gasteiger charge is -2.19. The lowest BCUT2D eigenvalue weighted by Crippen LogP contribution is -2.53. The molecule has 0 spiro atoms. The van der Waals surface area contributed by atoms with Crippen molar-refractivity contribution in [3.05, 3.63) is 0 Å². The molecule has 2 unspecified atom stereocenters. The normalized spacial score (nSPS) is 13.2. The van der Waals surface area contributed by atoms with Crippen molar-refractivity contribution in [2.75, 3.05) is 25.6 Å². The molecule has 0 heterocycles. The number of hydrogen-bond acceptors (Lipinski definition) is 6. The van der Waals surface area contributed by atoms with E-state index in [9.17, 15) is 22.8 Å². The van der Waals surface area contributed by atoms with Crippen LogP contribution in [-0.4, -0.2) is 66.8 Å². The molecule has 22 heavy (non-hydrogen) atoms. The van der Waals surface area contributed by atoms with E-state index >= 15 is 0 Å². The Labute approximate surface area is 136 Å². The van der Waals surface area contributed by atoms with Gasteiger partial charge in [-0.1, -0.05) is 0 Å². The maximum absolute atomic E-state index is 11.6. The highest BCUT2D eigenvalue weighted by Gasteiger charge is 2.38. The smallest absolute Gasteiger partial charge is 0.475 e. The van der Waals surface area contributed by atoms with Gasteiger partial charge in [0.05, 0.1) is 6.04 Å². The number of carbonyl (C=O) groups excluding carboxylic acids is 2. The maximum Gasteiger partial charge on any atom is 0.490 e. The highest BCUT2D eigenvalue weighted by molar-refractivity contribution is 7.80. The molecule has 12 heteroatoms. The van der Waals surface area contributed by atoms with Crippen molar-refractivity contribution in [2.24, 2.45) is 0 Å². The highest BCUT2D eigenvalue weighted by atomic mass is 32.1. The van der Waals surface area contributed by atoms with Gasteiger partial charge in [0.25, 0.3) is 0 Å². The van der Waals surface area contributed by atoms with Crippen molar-refractivity contribution in [2.45, 2.75) is 18.3 Å². The molecule has 0 rings (SSSR count). The van der Waals surface area contributed by atoms with Gasteiger partial charge in [-0.05, 0) is 7.05 Å². The van der Waals surface area contributed by atoms with Gasteiger partial charge >= 0.3 is 12.1 Å². The van der Waals surface area contributed by atoms with Crippen LogP contribution in [0.2, 0.25) is 0 Å². The minimum Gasteiger partial charge on any atom is -0.475 e. The van der Waals surface area contributed by atoms with Crippen LogP contribution in [-0.2, 0) is 14.4 Å². The predicted octanol–water partition coefficient (Wildman–Crippen LogP) is -0.702. The molecule has 0 aliphatic heterocycles. The number of aliphatic carboxylic acids is 1. The summed E-state index contributed by atoms with van der Waals surface area (Å²) >= 11 is 8.01. The number of hydrogen-bond donors (Lipinski definition) is 6. The van der Waals surface area contributed by atoms with E-state index in [0.717, 1.165) is 0 Å². The zero-order chi connectivity index (χ0) is 17.9. The molecule has 0 saturated carbocycles. The molecule has 0 fully saturated rings. The SMILES string of the molecule is CNC(=O)C(CS)NC(=O)C(CS)NC.O=C(O)C(F)(F)F. The van der Waals surface area contributed by atoms with Gasteiger partial charge in [0, 0.05) is 18.6 Å². The lowest BCUT2D eigenvalue weighted by molar-refractivity contribution is -0.192. The summed E-state index contributed by atoms with van der Waals surface area (Å²) in [7, 11) is 3.18. The van der Waals surface area contributed by atoms with Crippen LogP contribution in [0.4, 0.5) is 13.2 Å². The second-order valence-electron chi connectivity index (χ2n) is 3.68. The van der Waals surface area contributed by atoms with Gasteiger partial charge in [0.1, 0.15) is 6.04 Å². The molecule has 0 aromatic rings. The molecule has 0 aliphatic carbocycles. The van der Waals surface area contributed by atoms with Crippen LogP contribution in [0.15, 0.2) is 0 Å². The second-order valence-corrected chi connectivity index (χ2v) is 4.42. The van der Waals surface area contributed by atoms with Crippen molar-refractivity contribution in [1.82, 2.24) is 16.0 Å². The summed E-state index contributed by atoms with van der Waals surface area (Å²) < 4.78 is 31.7. The van der Waals surface area contributed by atoms with Crippen molar-refractivity contribution >= 4 is 43.0 Å². The van der Waals surface area contributed by atoms with Crippen LogP contribution in [0, 0.1) is 0 Å². The zero-order valence-corrected chi connectivity index (χ0v) is 13.6. The topological polar surface area (TPSA) is 108 Å². The minimum absolute atomic E-state index is 0.254. The third-order valence-corrected chi connectivity index (χ3v) is 2.88. The van der Waals surface area contributed by atoms with Gasteiger partial charge < -0.3 is 21.1 Å². The highest BCUT2D eigenvalue weighted by Crippen LogP contribution is 2.13. The van der Waals surface area contributed by atoms with E-state index in [1.165, 1.54) is 7.05 Å². The van der Waals surface area contributed by atoms with Gasteiger partial charge in [0.15, 0.2) is 0 Å². The van der Waals surface area contributed by atoms with E-state index in [4.69, 9.17) is 9.90 Å². The third-order valence-electron chi connectivity index (χ3n) is 2.15. The number of likely N-dealkylation sites (N-methyl/N-ethyl adjacent to an activating group) is 2. The monoisotopic (exact) mass is 365 g/mol. The Hall–Kier alpha value is -1.14. The summed E-state index contributed by atoms with van der Waals surface area (Å²) in [4.78, 5) is 31.7. The van der Waals surface area contributed by atoms with E-state index in [0.29, 0.717) is 5.75 Å². The summed E-state index contributed by atoms with van der Waals surface area (Å²) in [5, 5.41) is 15.0. The number of carboxylic acids is 1. The fourth-order valence-electron chi connectivity index (χ4n) is 0.946. The zero-order valence-electron chi connectivity index (χ0n) is 11.8. The molecule has 0 aromatic carbocycles. The van der Waals surface area contributed by atoms with Crippen LogP contribution in [0.3, 0.4) is 0 Å². The first kappa shape index (κ1) is 23.1. The number of rotatable bonds is 6. The van der Waals surface area contributed by atoms with Gasteiger partial charge in [-0.2, -0.15) is 38.4 Å². The maximum atomic E-state index is 11.6. The summed E-state index contributed by atoms with van der Waals surface area (Å²) in [5.74, 6) is -2.64. The average molecular weight is 365 g/mol. The van der Waals surface area contributed by atoms with E-state index in [1.807, 2.05) is 0 Å². The van der Waals surface area contributed by atoms with E-state index < -0.39 is 24.2 Å². The fraction of sp³-hybridized carbons (Fsp3) is 0.700. The Morgan fingerprint density at radius 2 is 1.45 bits per heavy atom. The molecule has 0 saturated heterocycles. The molecular weight excluding hydrogens is 347 g/mol. The Bertz CT molecular complexity index is 379. The lowest BCUT2D eigenvalue weighted by atomic mass is 10.2. The predicted molar refractivity (Wildman–Crippen MR) is 80.2 cm³/mol. The van der Waals surface area contributed by atoms with Gasteiger partial charge in [0.2, 0.25) is 11.8 Å². The number of carbonyl (C=O) groups is 3. The average Bonchev–Trinajstić information content (AvgIpc) is 2.44. The Balaban J connectivity index is 0. The van der Waals surface area contributed by atoms with Gasteiger partial charge in [-0.3, -0.25) is 9.59 Å². The van der Waals surface area contributed by atoms with Crippen LogP contribution in [0.25, 0.3) is 0 Å². The minimum atomic E-state index is -5.08. The number of alkyl halides is 3. The molecule has 0 aromatic heterocycles. The number of carboxylic acid groups (broad SMARTS) is 1. The van der Waals surface area contributed by atoms with Crippen molar-refractivity contribution in [3.8, 4) is 0 Å². The Kier molecular flexibility index (Phi) is 12.0. The first-order valence-corrected chi connectivity index (χ1v) is 7.02. The fourth-order valence-corrected chi connectivity index (χ4v) is 1.55. The summed E-state index contributed by atoms with van der Waals surface area (Å²) in [6.45, 7) is 0. The molecular formula is C10H18F3N3O4S2. The van der Waals surface area contributed by atoms with Crippen LogP contribution in [0.1, 0.15) is 0 Å². The van der Waals surface area contributed by atoms with Crippen molar-refractivity contribution < 1.29 is 32.7 Å². The molecule has 130 valence electrons. The number of nitrogens with one attached hydrogen (secondary N) is 3. The van der Waals surface area contributed by atoms with Crippen molar-refractivity contribution in [1.29, 1.82) is 0 Å². The largest absolute Gasteiger partial charge is 0.490 e. The van der Waals surface area contributed by atoms with E-state index in [2.05, 4.69) is 41.2 Å². The molecule has 0 bridgehead atoms. The van der Waals surface area contributed by atoms with E-state index in [1.54, 1.807) is 7.05 Å². The third kappa shape index (κ3) is 9.73. The van der Waals surface area contributed by atoms with E-state index in [-0.39, 0.29) is 17.6 Å². The first-order valence-electron chi connectivity index (χ1n) is 5.76. The van der Waals surface area contributed by atoms with Crippen LogP contribution >= 0.6 is 25.3 Å². The second kappa shape index (κ2) is 11.4. The number of thiol groups is 2. The standard InChI is InChI=1S/C8H17N3O2S2.C2HF3O2/c1-9-5(3-14)8(13)11-6(4-15)7(12)10-2;3-2(4,5)1(6)7/h5-6,9,14-15H,3-4H2,1-2H3,(H,10,12)(H,11,13);(H,6,7). The molecule has 0 aliphatic rings. The quantitative estimate of drug-likeness (QED) is 0.349. The Morgan fingerprint density at radius 3 is 1.68 bits per heavy atom. The van der Waals surface area contributed by atoms with Crippen LogP contribution < -0.4 is 16.0 Å². The molecule has 2 amide bonds. The molecule has 7 nitrogen and oxygen atoms in total. The summed E-state index contributed by atoms with van der Waals surface area (Å²) in [6.07, 6.45) is -5.08. The summed E-state index contributed by atoms with van der Waals surface area (Å²) in [6, 6.07) is -1.01. The van der Waals surface area contributed by atoms with Crippen molar-refractivity contribution in [3.63, 3.8) is 0 Å². The molecule has 0 radical (unpaired) electrons. The Morgan fingerprint density at radius 1 is 1.05 bits per heavy atom. The first-order chi connectivity index (χ1) is 10.0. The summed E-state index contributed by atoms with van der Waals surface area (Å²) in [5.41, 5.74) is 0. The van der Waals surface area contributed by atoms with Gasteiger partial charge in [-0.25, -0.2) is 4.79 Å². The number of halogens is 3.